The van der Waals surface area contributed by atoms with Gasteiger partial charge in [0.25, 0.3) is 0 Å². The van der Waals surface area contributed by atoms with E-state index >= 15 is 0 Å². The van der Waals surface area contributed by atoms with Gasteiger partial charge in [0.15, 0.2) is 0 Å². The van der Waals surface area contributed by atoms with Gasteiger partial charge in [-0.25, -0.2) is 9.37 Å². The summed E-state index contributed by atoms with van der Waals surface area (Å²) in [6.07, 6.45) is 13.8. The SMILES string of the molecule is Cc1ccc2c(n1)oc1c(C3C=C(c4ccc(F)cc4)C=C[N-]3)[c-]ccc12.[CH2-]N1C=CC=CC1c1[c-]cccc1.[Ir]. The molecule has 0 spiro atoms. The molecule has 3 aromatic carbocycles. The Bertz CT molecular complexity index is 1770. The minimum Gasteiger partial charge on any atom is -0.683 e. The number of aromatic nitrogens is 1. The van der Waals surface area contributed by atoms with Crippen molar-refractivity contribution in [1.29, 1.82) is 0 Å². The van der Waals surface area contributed by atoms with Gasteiger partial charge in [0, 0.05) is 42.8 Å². The van der Waals surface area contributed by atoms with Crippen LogP contribution in [-0.4, -0.2) is 9.88 Å². The number of furan rings is 1. The summed E-state index contributed by atoms with van der Waals surface area (Å²) in [5, 5.41) is 6.58. The van der Waals surface area contributed by atoms with E-state index in [1.54, 1.807) is 18.3 Å². The Morgan fingerprint density at radius 2 is 1.83 bits per heavy atom. The molecule has 1 radical (unpaired) electrons. The van der Waals surface area contributed by atoms with Gasteiger partial charge in [0.1, 0.15) is 5.82 Å². The predicted molar refractivity (Wildman–Crippen MR) is 158 cm³/mol. The topological polar surface area (TPSA) is 43.4 Å². The molecule has 5 aromatic rings. The zero-order valence-corrected chi connectivity index (χ0v) is 24.7. The third-order valence-electron chi connectivity index (χ3n) is 6.87. The van der Waals surface area contributed by atoms with Crippen molar-refractivity contribution in [3.8, 4) is 0 Å². The average molecular weight is 716 g/mol. The number of nitrogens with zero attached hydrogens (tertiary/aromatic N) is 3. The van der Waals surface area contributed by atoms with Crippen LogP contribution in [0, 0.1) is 31.9 Å². The van der Waals surface area contributed by atoms with Gasteiger partial charge in [0.2, 0.25) is 5.71 Å². The van der Waals surface area contributed by atoms with Gasteiger partial charge >= 0.3 is 0 Å². The van der Waals surface area contributed by atoms with Gasteiger partial charge < -0.3 is 14.6 Å². The Morgan fingerprint density at radius 3 is 2.61 bits per heavy atom. The van der Waals surface area contributed by atoms with Crippen molar-refractivity contribution in [3.05, 3.63) is 168 Å². The van der Waals surface area contributed by atoms with Crippen LogP contribution in [0.1, 0.15) is 34.5 Å². The van der Waals surface area contributed by atoms with Crippen molar-refractivity contribution in [3.63, 3.8) is 0 Å². The summed E-state index contributed by atoms with van der Waals surface area (Å²) in [5.74, 6) is -0.247. The fourth-order valence-corrected chi connectivity index (χ4v) is 4.84. The number of hydrogen-bond acceptors (Lipinski definition) is 3. The molecule has 0 saturated heterocycles. The summed E-state index contributed by atoms with van der Waals surface area (Å²) in [6, 6.07) is 28.8. The number of halogens is 1. The molecular formula is C35H26FIrN3O-4. The van der Waals surface area contributed by atoms with E-state index in [2.05, 4.69) is 41.6 Å². The Balaban J connectivity index is 0.000000204. The summed E-state index contributed by atoms with van der Waals surface area (Å²) in [7, 11) is 3.93. The Labute approximate surface area is 252 Å². The van der Waals surface area contributed by atoms with Crippen LogP contribution < -0.4 is 0 Å². The van der Waals surface area contributed by atoms with Crippen LogP contribution in [0.2, 0.25) is 0 Å². The quantitative estimate of drug-likeness (QED) is 0.175. The maximum atomic E-state index is 13.2. The molecule has 7 rings (SSSR count). The second-order valence-electron chi connectivity index (χ2n) is 9.58. The van der Waals surface area contributed by atoms with E-state index in [0.717, 1.165) is 44.3 Å². The van der Waals surface area contributed by atoms with E-state index in [1.165, 1.54) is 12.1 Å². The predicted octanol–water partition coefficient (Wildman–Crippen LogP) is 8.96. The monoisotopic (exact) mass is 716 g/mol. The molecule has 0 bridgehead atoms. The summed E-state index contributed by atoms with van der Waals surface area (Å²) < 4.78 is 19.3. The van der Waals surface area contributed by atoms with Crippen molar-refractivity contribution in [1.82, 2.24) is 9.88 Å². The van der Waals surface area contributed by atoms with Crippen LogP contribution in [0.3, 0.4) is 0 Å². The van der Waals surface area contributed by atoms with Crippen molar-refractivity contribution >= 4 is 27.6 Å². The first-order chi connectivity index (χ1) is 19.6. The van der Waals surface area contributed by atoms with Crippen LogP contribution in [0.25, 0.3) is 33.0 Å². The van der Waals surface area contributed by atoms with Crippen LogP contribution in [0.15, 0.2) is 120 Å². The van der Waals surface area contributed by atoms with E-state index in [9.17, 15) is 4.39 Å². The molecule has 2 aliphatic rings. The van der Waals surface area contributed by atoms with Crippen LogP contribution in [0.5, 0.6) is 0 Å². The summed E-state index contributed by atoms with van der Waals surface area (Å²) in [4.78, 5) is 6.42. The number of aryl methyl sites for hydroxylation is 1. The third-order valence-corrected chi connectivity index (χ3v) is 6.87. The first-order valence-electron chi connectivity index (χ1n) is 13.0. The minimum atomic E-state index is -0.247. The molecular weight excluding hydrogens is 690 g/mol. The fraction of sp³-hybridized carbons (Fsp3) is 0.0857. The molecule has 2 unspecified atom stereocenters. The molecule has 0 fully saturated rings. The largest absolute Gasteiger partial charge is 0.683 e. The normalized spacial score (nSPS) is 17.4. The number of allylic oxidation sites excluding steroid dienone is 4. The molecule has 0 aliphatic carbocycles. The number of hydrogen-bond donors (Lipinski definition) is 0. The maximum absolute atomic E-state index is 13.2. The van der Waals surface area contributed by atoms with Gasteiger partial charge in [-0.15, -0.1) is 11.1 Å². The van der Waals surface area contributed by atoms with E-state index in [1.807, 2.05) is 84.8 Å². The molecule has 2 aromatic heterocycles. The van der Waals surface area contributed by atoms with Gasteiger partial charge in [-0.1, -0.05) is 47.9 Å². The van der Waals surface area contributed by atoms with Crippen molar-refractivity contribution in [2.75, 3.05) is 0 Å². The molecule has 0 amide bonds. The molecule has 41 heavy (non-hydrogen) atoms. The molecule has 0 N–H and O–H groups in total. The summed E-state index contributed by atoms with van der Waals surface area (Å²) in [6.45, 7) is 1.94. The summed E-state index contributed by atoms with van der Waals surface area (Å²) >= 11 is 0. The summed E-state index contributed by atoms with van der Waals surface area (Å²) in [5.41, 5.74) is 6.25. The Hall–Kier alpha value is -4.25. The molecule has 4 heterocycles. The van der Waals surface area contributed by atoms with E-state index in [-0.39, 0.29) is 38.0 Å². The molecule has 4 nitrogen and oxygen atoms in total. The zero-order chi connectivity index (χ0) is 27.5. The second kappa shape index (κ2) is 12.5. The maximum Gasteiger partial charge on any atom is 0.212 e. The average Bonchev–Trinajstić information content (AvgIpc) is 3.36. The van der Waals surface area contributed by atoms with Gasteiger partial charge in [-0.3, -0.25) is 7.05 Å². The van der Waals surface area contributed by atoms with Gasteiger partial charge in [0.05, 0.1) is 0 Å². The standard InChI is InChI=1S/C23H15FN2O.C12H11N.Ir/c1-14-5-10-19-18-3-2-4-20(22(18)27-23(19)26-14)21-13-16(11-12-25-21)15-6-8-17(24)9-7-15;1-13-10-6-5-9-12(13)11-7-3-2-4-8-11;/h2-3,5-13,21H,1H3;2-7,9-10,12H,1H2;/q2*-2;. The van der Waals surface area contributed by atoms with E-state index in [0.29, 0.717) is 5.71 Å². The second-order valence-corrected chi connectivity index (χ2v) is 9.58. The van der Waals surface area contributed by atoms with Crippen molar-refractivity contribution in [2.24, 2.45) is 0 Å². The van der Waals surface area contributed by atoms with Crippen LogP contribution >= 0.6 is 0 Å². The van der Waals surface area contributed by atoms with Gasteiger partial charge in [-0.2, -0.15) is 54.7 Å². The molecule has 6 heteroatoms. The molecule has 0 saturated carbocycles. The van der Waals surface area contributed by atoms with E-state index < -0.39 is 0 Å². The number of fused-ring (bicyclic) bond motifs is 3. The smallest absolute Gasteiger partial charge is 0.212 e. The molecule has 2 atom stereocenters. The van der Waals surface area contributed by atoms with Crippen molar-refractivity contribution < 1.29 is 28.9 Å². The molecule has 207 valence electrons. The first kappa shape index (κ1) is 28.3. The Morgan fingerprint density at radius 1 is 0.976 bits per heavy atom. The van der Waals surface area contributed by atoms with Gasteiger partial charge in [-0.05, 0) is 54.6 Å². The van der Waals surface area contributed by atoms with Crippen LogP contribution in [0.4, 0.5) is 4.39 Å². The fourth-order valence-electron chi connectivity index (χ4n) is 4.84. The number of rotatable bonds is 3. The number of pyridine rings is 1. The Kier molecular flexibility index (Phi) is 8.63. The van der Waals surface area contributed by atoms with Crippen LogP contribution in [-0.2, 0) is 20.1 Å². The number of benzene rings is 3. The zero-order valence-electron chi connectivity index (χ0n) is 22.3. The minimum absolute atomic E-state index is 0. The third kappa shape index (κ3) is 6.09. The van der Waals surface area contributed by atoms with E-state index in [4.69, 9.17) is 4.42 Å². The van der Waals surface area contributed by atoms with Crippen molar-refractivity contribution in [2.45, 2.75) is 19.0 Å². The molecule has 2 aliphatic heterocycles. The first-order valence-corrected chi connectivity index (χ1v) is 13.0.